The van der Waals surface area contributed by atoms with Gasteiger partial charge in [0.2, 0.25) is 5.91 Å². The number of amides is 1. The predicted octanol–water partition coefficient (Wildman–Crippen LogP) is 21.8. The number of aliphatic hydroxyl groups excluding tert-OH is 1. The molecular formula is C75H133N2O6P. The number of nitrogens with zero attached hydrogens (tertiary/aromatic N) is 1. The first-order chi connectivity index (χ1) is 41.0. The maximum absolute atomic E-state index is 13.0. The number of hydrogen-bond donors (Lipinski definition) is 2. The number of allylic oxidation sites excluding steroid dienone is 19. The fourth-order valence-electron chi connectivity index (χ4n) is 9.76. The van der Waals surface area contributed by atoms with Crippen molar-refractivity contribution in [2.45, 2.75) is 309 Å². The summed E-state index contributed by atoms with van der Waals surface area (Å²) in [7, 11) is 1.23. The summed E-state index contributed by atoms with van der Waals surface area (Å²) in [5.41, 5.74) is 0. The van der Waals surface area contributed by atoms with Crippen LogP contribution in [0.4, 0.5) is 0 Å². The van der Waals surface area contributed by atoms with Crippen molar-refractivity contribution >= 4 is 13.7 Å². The number of carbonyl (C=O) groups is 1. The second-order valence-corrected chi connectivity index (χ2v) is 25.9. The minimum absolute atomic E-state index is 0.0139. The van der Waals surface area contributed by atoms with Crippen molar-refractivity contribution in [2.24, 2.45) is 0 Å². The van der Waals surface area contributed by atoms with E-state index in [0.717, 1.165) is 89.9 Å². The van der Waals surface area contributed by atoms with Crippen LogP contribution in [0.15, 0.2) is 122 Å². The molecule has 0 rings (SSSR count). The summed E-state index contributed by atoms with van der Waals surface area (Å²) >= 11 is 0. The maximum atomic E-state index is 13.0. The Labute approximate surface area is 520 Å². The number of rotatable bonds is 63. The summed E-state index contributed by atoms with van der Waals surface area (Å²) in [6.45, 7) is 4.52. The van der Waals surface area contributed by atoms with E-state index < -0.39 is 26.6 Å². The summed E-state index contributed by atoms with van der Waals surface area (Å²) < 4.78 is 23.4. The van der Waals surface area contributed by atoms with E-state index in [9.17, 15) is 19.4 Å². The molecular weight excluding hydrogens is 1060 g/mol. The van der Waals surface area contributed by atoms with Gasteiger partial charge in [-0.15, -0.1) is 0 Å². The predicted molar refractivity (Wildman–Crippen MR) is 366 cm³/mol. The molecule has 0 saturated heterocycles. The molecule has 0 heterocycles. The molecule has 2 N–H and O–H groups in total. The number of carbonyl (C=O) groups excluding carboxylic acids is 1. The number of unbranched alkanes of at least 4 members (excludes halogenated alkanes) is 32. The molecule has 0 aliphatic heterocycles. The van der Waals surface area contributed by atoms with Gasteiger partial charge >= 0.3 is 0 Å². The Morgan fingerprint density at radius 1 is 0.429 bits per heavy atom. The van der Waals surface area contributed by atoms with Gasteiger partial charge in [-0.1, -0.05) is 309 Å². The van der Waals surface area contributed by atoms with Crippen molar-refractivity contribution in [3.05, 3.63) is 122 Å². The molecule has 0 aromatic heterocycles. The molecule has 0 aliphatic carbocycles. The van der Waals surface area contributed by atoms with E-state index in [2.05, 4.69) is 129 Å². The van der Waals surface area contributed by atoms with Crippen LogP contribution in [-0.4, -0.2) is 68.5 Å². The van der Waals surface area contributed by atoms with E-state index in [1.165, 1.54) is 186 Å². The molecule has 8 nitrogen and oxygen atoms in total. The topological polar surface area (TPSA) is 108 Å². The number of hydrogen-bond acceptors (Lipinski definition) is 6. The highest BCUT2D eigenvalue weighted by atomic mass is 31.2. The molecule has 9 heteroatoms. The van der Waals surface area contributed by atoms with Crippen molar-refractivity contribution < 1.29 is 32.9 Å². The van der Waals surface area contributed by atoms with E-state index in [4.69, 9.17) is 9.05 Å². The molecule has 0 spiro atoms. The summed E-state index contributed by atoms with van der Waals surface area (Å²) in [5, 5.41) is 13.9. The third kappa shape index (κ3) is 66.4. The number of phosphoric ester groups is 1. The van der Waals surface area contributed by atoms with E-state index in [-0.39, 0.29) is 12.5 Å². The zero-order valence-electron chi connectivity index (χ0n) is 55.3. The van der Waals surface area contributed by atoms with E-state index in [1.807, 2.05) is 27.2 Å². The molecule has 3 unspecified atom stereocenters. The Morgan fingerprint density at radius 2 is 0.738 bits per heavy atom. The standard InChI is InChI=1S/C75H133N2O6P/c1-6-8-10-12-14-16-18-20-22-24-26-28-30-32-34-35-36-37-38-39-40-41-43-45-47-49-51-53-55-57-59-61-63-65-67-69-75(79)76-73(72-83-84(80,81)82-71-70-77(3,4)5)74(78)68-66-64-62-60-58-56-54-52-50-48-46-44-42-33-31-29-27-25-23-21-19-17-15-13-11-9-7-2/h8,10,14,16,20,22,26,28,32,34,36-37,39-40,50,52,58,60,66,68,73-74,78H,6-7,9,11-13,15,17-19,21,23-25,27,29-31,33,35,38,41-49,51,53-57,59,61-65,67,69-72H2,1-5H3,(H-,76,79,80,81)/b10-8-,16-14-,22-20-,28-26-,34-32-,37-36-,40-39-,52-50+,60-58+,68-66+. The van der Waals surface area contributed by atoms with Gasteiger partial charge in [0.25, 0.3) is 7.82 Å². The summed E-state index contributed by atoms with van der Waals surface area (Å²) in [5.74, 6) is -0.215. The van der Waals surface area contributed by atoms with Crippen LogP contribution in [0.3, 0.4) is 0 Å². The van der Waals surface area contributed by atoms with Crippen molar-refractivity contribution in [3.8, 4) is 0 Å². The van der Waals surface area contributed by atoms with Crippen molar-refractivity contribution in [1.82, 2.24) is 5.32 Å². The Morgan fingerprint density at radius 3 is 1.11 bits per heavy atom. The highest BCUT2D eigenvalue weighted by Crippen LogP contribution is 2.38. The summed E-state index contributed by atoms with van der Waals surface area (Å²) in [6, 6.07) is -0.920. The van der Waals surface area contributed by atoms with Crippen molar-refractivity contribution in [1.29, 1.82) is 0 Å². The third-order valence-electron chi connectivity index (χ3n) is 15.1. The number of quaternary nitrogens is 1. The van der Waals surface area contributed by atoms with Gasteiger partial charge in [-0.05, 0) is 103 Å². The van der Waals surface area contributed by atoms with Crippen LogP contribution >= 0.6 is 7.82 Å². The van der Waals surface area contributed by atoms with Crippen LogP contribution in [0, 0.1) is 0 Å². The summed E-state index contributed by atoms with van der Waals surface area (Å²) in [4.78, 5) is 25.6. The second kappa shape index (κ2) is 64.4. The lowest BCUT2D eigenvalue weighted by molar-refractivity contribution is -0.870. The van der Waals surface area contributed by atoms with Gasteiger partial charge in [0.1, 0.15) is 13.2 Å². The fourth-order valence-corrected chi connectivity index (χ4v) is 10.5. The number of nitrogens with one attached hydrogen (secondary N) is 1. The van der Waals surface area contributed by atoms with E-state index in [1.54, 1.807) is 6.08 Å². The second-order valence-electron chi connectivity index (χ2n) is 24.5. The van der Waals surface area contributed by atoms with Gasteiger partial charge < -0.3 is 28.8 Å². The van der Waals surface area contributed by atoms with Gasteiger partial charge in [-0.2, -0.15) is 0 Å². The largest absolute Gasteiger partial charge is 0.756 e. The highest BCUT2D eigenvalue weighted by Gasteiger charge is 2.23. The van der Waals surface area contributed by atoms with Gasteiger partial charge in [0.05, 0.1) is 39.9 Å². The normalized spacial score (nSPS) is 14.4. The first-order valence-corrected chi connectivity index (χ1v) is 36.4. The Kier molecular flexibility index (Phi) is 62.0. The maximum Gasteiger partial charge on any atom is 0.268 e. The van der Waals surface area contributed by atoms with E-state index >= 15 is 0 Å². The van der Waals surface area contributed by atoms with Crippen LogP contribution in [-0.2, 0) is 18.4 Å². The minimum atomic E-state index is -4.62. The average Bonchev–Trinajstić information content (AvgIpc) is 3.56. The van der Waals surface area contributed by atoms with Crippen molar-refractivity contribution in [2.75, 3.05) is 40.9 Å². The average molecular weight is 1190 g/mol. The number of aliphatic hydroxyl groups is 1. The zero-order valence-corrected chi connectivity index (χ0v) is 56.2. The van der Waals surface area contributed by atoms with Gasteiger partial charge in [0, 0.05) is 6.42 Å². The van der Waals surface area contributed by atoms with Crippen LogP contribution < -0.4 is 10.2 Å². The quantitative estimate of drug-likeness (QED) is 0.0272. The smallest absolute Gasteiger partial charge is 0.268 e. The van der Waals surface area contributed by atoms with Crippen LogP contribution in [0.1, 0.15) is 296 Å². The molecule has 0 fully saturated rings. The van der Waals surface area contributed by atoms with E-state index in [0.29, 0.717) is 17.4 Å². The van der Waals surface area contributed by atoms with Gasteiger partial charge in [-0.3, -0.25) is 9.36 Å². The molecule has 0 aromatic rings. The molecule has 0 saturated carbocycles. The first-order valence-electron chi connectivity index (χ1n) is 34.9. The zero-order chi connectivity index (χ0) is 61.2. The lowest BCUT2D eigenvalue weighted by atomic mass is 10.0. The molecule has 84 heavy (non-hydrogen) atoms. The molecule has 3 atom stereocenters. The molecule has 0 bridgehead atoms. The molecule has 0 aromatic carbocycles. The van der Waals surface area contributed by atoms with Gasteiger partial charge in [-0.25, -0.2) is 0 Å². The van der Waals surface area contributed by atoms with Crippen LogP contribution in [0.5, 0.6) is 0 Å². The first kappa shape index (κ1) is 80.9. The Balaban J connectivity index is 4.16. The molecule has 0 radical (unpaired) electrons. The van der Waals surface area contributed by atoms with Gasteiger partial charge in [0.15, 0.2) is 0 Å². The number of phosphoric acid groups is 1. The molecule has 1 amide bonds. The van der Waals surface area contributed by atoms with Crippen molar-refractivity contribution in [3.63, 3.8) is 0 Å². The molecule has 0 aliphatic rings. The summed E-state index contributed by atoms with van der Waals surface area (Å²) in [6.07, 6.45) is 96.0. The SMILES string of the molecule is CC/C=C\C/C=C\C/C=C\C/C=C\C/C=C\C/C=C\C/C=C\CCCCCCCCCCCCCCCC(=O)NC(COP(=O)([O-])OCC[N+](C)(C)C)C(O)/C=C/CC/C=C/CC/C=C/CCCCCCCCCCCCCCCCCCC. The Bertz CT molecular complexity index is 1780. The third-order valence-corrected chi connectivity index (χ3v) is 16.1. The molecule has 484 valence electrons. The lowest BCUT2D eigenvalue weighted by Crippen LogP contribution is -2.45. The monoisotopic (exact) mass is 1190 g/mol. The fraction of sp³-hybridized carbons (Fsp3) is 0.720. The van der Waals surface area contributed by atoms with Crippen LogP contribution in [0.25, 0.3) is 0 Å². The highest BCUT2D eigenvalue weighted by molar-refractivity contribution is 7.45. The lowest BCUT2D eigenvalue weighted by Gasteiger charge is -2.29. The minimum Gasteiger partial charge on any atom is -0.756 e. The number of likely N-dealkylation sites (N-methyl/N-ethyl adjacent to an activating group) is 1. The Hall–Kier alpha value is -3.10. The van der Waals surface area contributed by atoms with Crippen LogP contribution in [0.2, 0.25) is 0 Å².